The minimum atomic E-state index is 0.403. The average Bonchev–Trinajstić information content (AvgIpc) is 2.37. The van der Waals surface area contributed by atoms with Crippen molar-refractivity contribution in [1.29, 1.82) is 0 Å². The molecule has 1 heterocycles. The van der Waals surface area contributed by atoms with Crippen LogP contribution in [0, 0.1) is 0 Å². The molecular formula is C13H18Cl2N2O. The number of ether oxygens (including phenoxy) is 1. The monoisotopic (exact) mass is 288 g/mol. The zero-order chi connectivity index (χ0) is 13.1. The first-order valence-electron chi connectivity index (χ1n) is 6.08. The van der Waals surface area contributed by atoms with E-state index < -0.39 is 0 Å². The first kappa shape index (κ1) is 13.9. The number of nitrogen functional groups attached to an aromatic ring is 1. The Labute approximate surface area is 118 Å². The van der Waals surface area contributed by atoms with Crippen LogP contribution in [0.4, 0.5) is 5.69 Å². The van der Waals surface area contributed by atoms with Crippen molar-refractivity contribution in [2.45, 2.75) is 25.5 Å². The third kappa shape index (κ3) is 3.29. The molecule has 1 aromatic rings. The van der Waals surface area contributed by atoms with Gasteiger partial charge in [0.05, 0.1) is 21.8 Å². The highest BCUT2D eigenvalue weighted by atomic mass is 35.5. The Morgan fingerprint density at radius 2 is 1.83 bits per heavy atom. The number of methoxy groups -OCH3 is 1. The molecule has 1 aliphatic rings. The summed E-state index contributed by atoms with van der Waals surface area (Å²) in [5.74, 6) is 0. The lowest BCUT2D eigenvalue weighted by Crippen LogP contribution is -2.36. The molecule has 18 heavy (non-hydrogen) atoms. The van der Waals surface area contributed by atoms with Crippen LogP contribution in [0.1, 0.15) is 18.4 Å². The summed E-state index contributed by atoms with van der Waals surface area (Å²) in [7, 11) is 1.78. The molecule has 0 radical (unpaired) electrons. The number of benzene rings is 1. The van der Waals surface area contributed by atoms with Crippen LogP contribution < -0.4 is 5.73 Å². The van der Waals surface area contributed by atoms with E-state index in [1.807, 2.05) is 12.1 Å². The molecule has 0 amide bonds. The highest BCUT2D eigenvalue weighted by Crippen LogP contribution is 2.29. The average molecular weight is 289 g/mol. The standard InChI is InChI=1S/C13H18Cl2N2O/c1-18-10-2-4-17(5-3-10)8-9-6-11(14)13(16)12(15)7-9/h6-7,10H,2-5,8,16H2,1H3. The quantitative estimate of drug-likeness (QED) is 0.868. The lowest BCUT2D eigenvalue weighted by molar-refractivity contribution is 0.0389. The molecule has 0 spiro atoms. The normalized spacial score (nSPS) is 18.2. The highest BCUT2D eigenvalue weighted by Gasteiger charge is 2.19. The predicted octanol–water partition coefficient (Wildman–Crippen LogP) is 3.19. The van der Waals surface area contributed by atoms with Crippen LogP contribution in [0.25, 0.3) is 0 Å². The summed E-state index contributed by atoms with van der Waals surface area (Å²) < 4.78 is 5.36. The molecule has 3 nitrogen and oxygen atoms in total. The maximum absolute atomic E-state index is 6.03. The van der Waals surface area contributed by atoms with Gasteiger partial charge in [-0.3, -0.25) is 4.90 Å². The number of halogens is 2. The third-order valence-corrected chi connectivity index (χ3v) is 4.04. The Bertz CT molecular complexity index is 394. The van der Waals surface area contributed by atoms with E-state index in [1.165, 1.54) is 0 Å². The first-order chi connectivity index (χ1) is 8.60. The third-order valence-electron chi connectivity index (χ3n) is 3.41. The van der Waals surface area contributed by atoms with Crippen LogP contribution in [-0.2, 0) is 11.3 Å². The molecule has 1 aromatic carbocycles. The number of anilines is 1. The van der Waals surface area contributed by atoms with Crippen molar-refractivity contribution < 1.29 is 4.74 Å². The van der Waals surface area contributed by atoms with E-state index in [0.717, 1.165) is 38.0 Å². The number of rotatable bonds is 3. The number of hydrogen-bond donors (Lipinski definition) is 1. The predicted molar refractivity (Wildman–Crippen MR) is 76.2 cm³/mol. The van der Waals surface area contributed by atoms with Gasteiger partial charge in [-0.15, -0.1) is 0 Å². The molecule has 0 unspecified atom stereocenters. The molecule has 0 atom stereocenters. The van der Waals surface area contributed by atoms with Gasteiger partial charge in [0.15, 0.2) is 0 Å². The Morgan fingerprint density at radius 3 is 2.33 bits per heavy atom. The van der Waals surface area contributed by atoms with Gasteiger partial charge in [-0.2, -0.15) is 0 Å². The van der Waals surface area contributed by atoms with Crippen molar-refractivity contribution in [3.63, 3.8) is 0 Å². The van der Waals surface area contributed by atoms with Crippen LogP contribution >= 0.6 is 23.2 Å². The molecule has 2 rings (SSSR count). The molecule has 0 aliphatic carbocycles. The van der Waals surface area contributed by atoms with Gasteiger partial charge in [0.1, 0.15) is 0 Å². The van der Waals surface area contributed by atoms with Crippen molar-refractivity contribution in [2.75, 3.05) is 25.9 Å². The van der Waals surface area contributed by atoms with Crippen LogP contribution in [0.5, 0.6) is 0 Å². The summed E-state index contributed by atoms with van der Waals surface area (Å²) >= 11 is 12.1. The van der Waals surface area contributed by atoms with Gasteiger partial charge in [0.2, 0.25) is 0 Å². The minimum absolute atomic E-state index is 0.403. The zero-order valence-electron chi connectivity index (χ0n) is 10.5. The highest BCUT2D eigenvalue weighted by molar-refractivity contribution is 6.38. The number of nitrogens with zero attached hydrogens (tertiary/aromatic N) is 1. The van der Waals surface area contributed by atoms with Crippen LogP contribution in [0.3, 0.4) is 0 Å². The van der Waals surface area contributed by atoms with Crippen molar-refractivity contribution in [3.05, 3.63) is 27.7 Å². The van der Waals surface area contributed by atoms with E-state index in [9.17, 15) is 0 Å². The van der Waals surface area contributed by atoms with Gasteiger partial charge in [0.25, 0.3) is 0 Å². The second-order valence-corrected chi connectivity index (χ2v) is 5.50. The number of likely N-dealkylation sites (tertiary alicyclic amines) is 1. The Hall–Kier alpha value is -0.480. The SMILES string of the molecule is COC1CCN(Cc2cc(Cl)c(N)c(Cl)c2)CC1. The molecule has 1 aliphatic heterocycles. The summed E-state index contributed by atoms with van der Waals surface area (Å²) in [5.41, 5.74) is 7.29. The van der Waals surface area contributed by atoms with E-state index >= 15 is 0 Å². The van der Waals surface area contributed by atoms with Crippen molar-refractivity contribution in [1.82, 2.24) is 4.90 Å². The molecule has 1 fully saturated rings. The lowest BCUT2D eigenvalue weighted by atomic mass is 10.1. The lowest BCUT2D eigenvalue weighted by Gasteiger charge is -2.31. The fourth-order valence-corrected chi connectivity index (χ4v) is 2.82. The summed E-state index contributed by atoms with van der Waals surface area (Å²) in [5, 5.41) is 1.06. The van der Waals surface area contributed by atoms with E-state index in [4.69, 9.17) is 33.7 Å². The smallest absolute Gasteiger partial charge is 0.0693 e. The zero-order valence-corrected chi connectivity index (χ0v) is 12.0. The largest absolute Gasteiger partial charge is 0.396 e. The second-order valence-electron chi connectivity index (χ2n) is 4.68. The molecule has 0 bridgehead atoms. The van der Waals surface area contributed by atoms with E-state index in [0.29, 0.717) is 21.8 Å². The molecular weight excluding hydrogens is 271 g/mol. The minimum Gasteiger partial charge on any atom is -0.396 e. The van der Waals surface area contributed by atoms with Gasteiger partial charge in [-0.25, -0.2) is 0 Å². The summed E-state index contributed by atoms with van der Waals surface area (Å²) in [6.45, 7) is 2.94. The van der Waals surface area contributed by atoms with Crippen LogP contribution in [0.15, 0.2) is 12.1 Å². The Morgan fingerprint density at radius 1 is 1.28 bits per heavy atom. The maximum Gasteiger partial charge on any atom is 0.0693 e. The molecule has 1 saturated heterocycles. The van der Waals surface area contributed by atoms with Gasteiger partial charge in [-0.05, 0) is 30.5 Å². The number of piperidine rings is 1. The number of nitrogens with two attached hydrogens (primary N) is 1. The maximum atomic E-state index is 6.03. The van der Waals surface area contributed by atoms with Crippen LogP contribution in [0.2, 0.25) is 10.0 Å². The molecule has 0 aromatic heterocycles. The molecule has 100 valence electrons. The van der Waals surface area contributed by atoms with Crippen molar-refractivity contribution in [3.8, 4) is 0 Å². The number of hydrogen-bond acceptors (Lipinski definition) is 3. The second kappa shape index (κ2) is 6.11. The van der Waals surface area contributed by atoms with Crippen molar-refractivity contribution >= 4 is 28.9 Å². The summed E-state index contributed by atoms with van der Waals surface area (Å²) in [4.78, 5) is 2.38. The fraction of sp³-hybridized carbons (Fsp3) is 0.538. The van der Waals surface area contributed by atoms with E-state index in [-0.39, 0.29) is 0 Å². The van der Waals surface area contributed by atoms with E-state index in [2.05, 4.69) is 4.90 Å². The van der Waals surface area contributed by atoms with Gasteiger partial charge < -0.3 is 10.5 Å². The summed E-state index contributed by atoms with van der Waals surface area (Å²) in [6.07, 6.45) is 2.56. The Kier molecular flexibility index (Phi) is 4.73. The summed E-state index contributed by atoms with van der Waals surface area (Å²) in [6, 6.07) is 3.79. The van der Waals surface area contributed by atoms with Gasteiger partial charge >= 0.3 is 0 Å². The first-order valence-corrected chi connectivity index (χ1v) is 6.84. The molecule has 5 heteroatoms. The van der Waals surface area contributed by atoms with Gasteiger partial charge in [0, 0.05) is 26.7 Å². The Balaban J connectivity index is 1.98. The topological polar surface area (TPSA) is 38.5 Å². The van der Waals surface area contributed by atoms with Crippen LogP contribution in [-0.4, -0.2) is 31.2 Å². The van der Waals surface area contributed by atoms with E-state index in [1.54, 1.807) is 7.11 Å². The molecule has 2 N–H and O–H groups in total. The van der Waals surface area contributed by atoms with Crippen molar-refractivity contribution in [2.24, 2.45) is 0 Å². The fourth-order valence-electron chi connectivity index (χ4n) is 2.29. The van der Waals surface area contributed by atoms with Gasteiger partial charge in [-0.1, -0.05) is 23.2 Å². The molecule has 0 saturated carbocycles.